The maximum absolute atomic E-state index is 12.5. The number of fused-ring (bicyclic) bond motifs is 2. The van der Waals surface area contributed by atoms with Crippen LogP contribution in [0.2, 0.25) is 0 Å². The number of ether oxygens (including phenoxy) is 1. The van der Waals surface area contributed by atoms with Gasteiger partial charge < -0.3 is 4.74 Å². The lowest BCUT2D eigenvalue weighted by Crippen LogP contribution is -2.17. The maximum atomic E-state index is 12.5. The highest BCUT2D eigenvalue weighted by Gasteiger charge is 2.18. The lowest BCUT2D eigenvalue weighted by atomic mass is 10.0. The molecule has 0 radical (unpaired) electrons. The summed E-state index contributed by atoms with van der Waals surface area (Å²) in [5.41, 5.74) is 2.75. The fourth-order valence-corrected chi connectivity index (χ4v) is 2.86. The molecule has 0 fully saturated rings. The van der Waals surface area contributed by atoms with Gasteiger partial charge in [0.15, 0.2) is 5.65 Å². The number of carbonyl (C=O) groups excluding carboxylic acids is 1. The number of halogens is 1. The van der Waals surface area contributed by atoms with Gasteiger partial charge in [-0.1, -0.05) is 12.1 Å². The molecule has 3 aromatic rings. The van der Waals surface area contributed by atoms with Gasteiger partial charge in [0.05, 0.1) is 17.9 Å². The molecule has 0 saturated heterocycles. The summed E-state index contributed by atoms with van der Waals surface area (Å²) in [6.45, 7) is 0.526. The number of aliphatic imine (C=N–C) groups is 1. The van der Waals surface area contributed by atoms with Gasteiger partial charge in [-0.25, -0.2) is 14.5 Å². The highest BCUT2D eigenvalue weighted by molar-refractivity contribution is 9.10. The molecule has 3 heterocycles. The van der Waals surface area contributed by atoms with E-state index < -0.39 is 0 Å². The van der Waals surface area contributed by atoms with Gasteiger partial charge in [-0.15, -0.1) is 5.10 Å². The van der Waals surface area contributed by atoms with Crippen molar-refractivity contribution in [1.82, 2.24) is 14.6 Å². The third-order valence-electron chi connectivity index (χ3n) is 3.58. The molecule has 0 N–H and O–H groups in total. The first-order chi connectivity index (χ1) is 11.2. The highest BCUT2D eigenvalue weighted by atomic mass is 79.9. The molecule has 0 bridgehead atoms. The van der Waals surface area contributed by atoms with Crippen molar-refractivity contribution in [3.05, 3.63) is 58.5 Å². The molecule has 6 nitrogen and oxygen atoms in total. The van der Waals surface area contributed by atoms with Gasteiger partial charge in [0, 0.05) is 18.2 Å². The molecule has 0 atom stereocenters. The standard InChI is InChI=1S/C16H11BrN4O2/c17-16-19-14-6-5-10(9-21(14)20-16)15(22)18-12-7-8-23-13-4-2-1-3-11(12)13/h1-6,9H,7-8H2. The molecule has 0 spiro atoms. The Kier molecular flexibility index (Phi) is 3.42. The summed E-state index contributed by atoms with van der Waals surface area (Å²) >= 11 is 3.21. The molecular formula is C16H11BrN4O2. The van der Waals surface area contributed by atoms with Crippen LogP contribution in [-0.2, 0) is 0 Å². The van der Waals surface area contributed by atoms with Gasteiger partial charge in [0.25, 0.3) is 5.91 Å². The summed E-state index contributed by atoms with van der Waals surface area (Å²) in [6, 6.07) is 11.1. The largest absolute Gasteiger partial charge is 0.492 e. The van der Waals surface area contributed by atoms with E-state index in [2.05, 4.69) is 31.0 Å². The molecule has 0 aliphatic carbocycles. The van der Waals surface area contributed by atoms with E-state index in [1.165, 1.54) is 0 Å². The molecule has 1 aliphatic rings. The summed E-state index contributed by atoms with van der Waals surface area (Å²) in [4.78, 5) is 20.9. The second-order valence-electron chi connectivity index (χ2n) is 5.06. The molecule has 2 aromatic heterocycles. The van der Waals surface area contributed by atoms with E-state index in [4.69, 9.17) is 4.74 Å². The van der Waals surface area contributed by atoms with E-state index in [1.54, 1.807) is 22.8 Å². The Morgan fingerprint density at radius 3 is 3.04 bits per heavy atom. The third kappa shape index (κ3) is 2.63. The minimum Gasteiger partial charge on any atom is -0.492 e. The quantitative estimate of drug-likeness (QED) is 0.660. The van der Waals surface area contributed by atoms with Gasteiger partial charge in [-0.3, -0.25) is 4.79 Å². The summed E-state index contributed by atoms with van der Waals surface area (Å²) in [5.74, 6) is 0.464. The zero-order valence-electron chi connectivity index (χ0n) is 11.9. The van der Waals surface area contributed by atoms with Crippen LogP contribution in [0.25, 0.3) is 5.65 Å². The Balaban J connectivity index is 1.71. The lowest BCUT2D eigenvalue weighted by Gasteiger charge is -2.18. The first-order valence-corrected chi connectivity index (χ1v) is 7.86. The number of carbonyl (C=O) groups is 1. The number of benzene rings is 1. The van der Waals surface area contributed by atoms with Gasteiger partial charge in [-0.05, 0) is 40.2 Å². The summed E-state index contributed by atoms with van der Waals surface area (Å²) in [7, 11) is 0. The van der Waals surface area contributed by atoms with E-state index in [1.807, 2.05) is 24.3 Å². The summed E-state index contributed by atoms with van der Waals surface area (Å²) < 4.78 is 7.61. The number of rotatable bonds is 1. The van der Waals surface area contributed by atoms with E-state index >= 15 is 0 Å². The van der Waals surface area contributed by atoms with Crippen LogP contribution in [0.15, 0.2) is 52.3 Å². The summed E-state index contributed by atoms with van der Waals surface area (Å²) in [5, 5.41) is 4.14. The third-order valence-corrected chi connectivity index (χ3v) is 3.92. The van der Waals surface area contributed by atoms with E-state index in [-0.39, 0.29) is 5.91 Å². The average molecular weight is 371 g/mol. The second kappa shape index (κ2) is 5.58. The molecule has 23 heavy (non-hydrogen) atoms. The fourth-order valence-electron chi connectivity index (χ4n) is 2.51. The number of aromatic nitrogens is 3. The lowest BCUT2D eigenvalue weighted by molar-refractivity contribution is 0.100. The predicted octanol–water partition coefficient (Wildman–Crippen LogP) is 2.90. The van der Waals surface area contributed by atoms with Crippen LogP contribution in [0.4, 0.5) is 0 Å². The molecule has 1 aliphatic heterocycles. The topological polar surface area (TPSA) is 68.8 Å². The predicted molar refractivity (Wildman–Crippen MR) is 88.1 cm³/mol. The molecule has 0 saturated carbocycles. The molecule has 1 aromatic carbocycles. The van der Waals surface area contributed by atoms with E-state index in [9.17, 15) is 4.79 Å². The minimum absolute atomic E-state index is 0.301. The van der Waals surface area contributed by atoms with Gasteiger partial charge in [-0.2, -0.15) is 0 Å². The normalized spacial score (nSPS) is 15.4. The minimum atomic E-state index is -0.301. The Bertz CT molecular complexity index is 948. The van der Waals surface area contributed by atoms with Crippen LogP contribution in [-0.4, -0.2) is 32.8 Å². The van der Waals surface area contributed by atoms with Gasteiger partial charge in [0.2, 0.25) is 4.73 Å². The number of para-hydroxylation sites is 1. The SMILES string of the molecule is O=C(N=C1CCOc2ccccc21)c1ccc2nc(Br)nn2c1. The number of nitrogens with zero attached hydrogens (tertiary/aromatic N) is 4. The number of hydrogen-bond acceptors (Lipinski definition) is 4. The van der Waals surface area contributed by atoms with Crippen molar-refractivity contribution in [3.63, 3.8) is 0 Å². The second-order valence-corrected chi connectivity index (χ2v) is 5.77. The Labute approximate surface area is 140 Å². The number of amides is 1. The van der Waals surface area contributed by atoms with Crippen molar-refractivity contribution in [2.24, 2.45) is 4.99 Å². The molecule has 0 unspecified atom stereocenters. The average Bonchev–Trinajstić information content (AvgIpc) is 2.94. The molecule has 7 heteroatoms. The van der Waals surface area contributed by atoms with Crippen molar-refractivity contribution >= 4 is 33.2 Å². The first kappa shape index (κ1) is 14.1. The zero-order valence-corrected chi connectivity index (χ0v) is 13.5. The number of pyridine rings is 1. The molecular weight excluding hydrogens is 360 g/mol. The van der Waals surface area contributed by atoms with Crippen molar-refractivity contribution in [2.75, 3.05) is 6.61 Å². The van der Waals surface area contributed by atoms with Crippen LogP contribution in [0.1, 0.15) is 22.3 Å². The van der Waals surface area contributed by atoms with Gasteiger partial charge >= 0.3 is 0 Å². The zero-order chi connectivity index (χ0) is 15.8. The van der Waals surface area contributed by atoms with Crippen molar-refractivity contribution < 1.29 is 9.53 Å². The van der Waals surface area contributed by atoms with Crippen LogP contribution >= 0.6 is 15.9 Å². The van der Waals surface area contributed by atoms with Crippen LogP contribution in [0, 0.1) is 0 Å². The van der Waals surface area contributed by atoms with Crippen molar-refractivity contribution in [2.45, 2.75) is 6.42 Å². The molecule has 4 rings (SSSR count). The Morgan fingerprint density at radius 2 is 2.13 bits per heavy atom. The van der Waals surface area contributed by atoms with Crippen LogP contribution in [0.3, 0.4) is 0 Å². The fraction of sp³-hybridized carbons (Fsp3) is 0.125. The van der Waals surface area contributed by atoms with Crippen LogP contribution < -0.4 is 4.74 Å². The number of hydrogen-bond donors (Lipinski definition) is 0. The maximum Gasteiger partial charge on any atom is 0.278 e. The summed E-state index contributed by atoms with van der Waals surface area (Å²) in [6.07, 6.45) is 2.24. The molecule has 114 valence electrons. The molecule has 1 amide bonds. The van der Waals surface area contributed by atoms with Crippen molar-refractivity contribution in [3.8, 4) is 5.75 Å². The highest BCUT2D eigenvalue weighted by Crippen LogP contribution is 2.24. The van der Waals surface area contributed by atoms with Crippen molar-refractivity contribution in [1.29, 1.82) is 0 Å². The van der Waals surface area contributed by atoms with Crippen LogP contribution in [0.5, 0.6) is 5.75 Å². The Morgan fingerprint density at radius 1 is 1.26 bits per heavy atom. The van der Waals surface area contributed by atoms with E-state index in [0.29, 0.717) is 29.0 Å². The van der Waals surface area contributed by atoms with E-state index in [0.717, 1.165) is 17.0 Å². The van der Waals surface area contributed by atoms with Gasteiger partial charge in [0.1, 0.15) is 5.75 Å². The Hall–Kier alpha value is -2.54. The smallest absolute Gasteiger partial charge is 0.278 e. The monoisotopic (exact) mass is 370 g/mol. The first-order valence-electron chi connectivity index (χ1n) is 7.07.